The van der Waals surface area contributed by atoms with Crippen LogP contribution in [0.1, 0.15) is 34.6 Å². The van der Waals surface area contributed by atoms with E-state index in [4.69, 9.17) is 4.74 Å². The molecule has 0 spiro atoms. The lowest BCUT2D eigenvalue weighted by molar-refractivity contribution is 0.125. The first-order valence-corrected chi connectivity index (χ1v) is 4.26. The van der Waals surface area contributed by atoms with Gasteiger partial charge in [-0.3, -0.25) is 0 Å². The number of alkyl carbamates (subject to hydrolysis) is 1. The first-order valence-electron chi connectivity index (χ1n) is 4.26. The molecule has 0 aliphatic carbocycles. The zero-order valence-electron chi connectivity index (χ0n) is 8.60. The lowest BCUT2D eigenvalue weighted by Crippen LogP contribution is -2.41. The van der Waals surface area contributed by atoms with Gasteiger partial charge in [-0.05, 0) is 26.7 Å². The van der Waals surface area contributed by atoms with Crippen LogP contribution in [-0.2, 0) is 4.74 Å². The van der Waals surface area contributed by atoms with Crippen molar-refractivity contribution in [1.29, 1.82) is 0 Å². The molecular weight excluding hydrogens is 154 g/mol. The van der Waals surface area contributed by atoms with Gasteiger partial charge in [0.2, 0.25) is 0 Å². The van der Waals surface area contributed by atoms with Crippen LogP contribution in [0.15, 0.2) is 0 Å². The molecule has 0 unspecified atom stereocenters. The summed E-state index contributed by atoms with van der Waals surface area (Å²) in [5.41, 5.74) is -0.214. The van der Waals surface area contributed by atoms with Gasteiger partial charge < -0.3 is 10.1 Å². The van der Waals surface area contributed by atoms with Crippen LogP contribution < -0.4 is 5.32 Å². The summed E-state index contributed by atoms with van der Waals surface area (Å²) in [6.45, 7) is 10.2. The summed E-state index contributed by atoms with van der Waals surface area (Å²) >= 11 is 0. The minimum absolute atomic E-state index is 0.214. The molecule has 3 heteroatoms. The van der Waals surface area contributed by atoms with Crippen molar-refractivity contribution in [2.45, 2.75) is 40.2 Å². The number of amides is 1. The van der Waals surface area contributed by atoms with E-state index in [1.54, 1.807) is 0 Å². The molecular formula is C9H19NO2. The van der Waals surface area contributed by atoms with Crippen LogP contribution in [0.4, 0.5) is 4.79 Å². The highest BCUT2D eigenvalue weighted by Crippen LogP contribution is 2.00. The molecule has 0 aromatic rings. The molecule has 3 nitrogen and oxygen atoms in total. The van der Waals surface area contributed by atoms with Crippen LogP contribution in [0.5, 0.6) is 0 Å². The number of hydrogen-bond acceptors (Lipinski definition) is 2. The zero-order valence-corrected chi connectivity index (χ0v) is 8.60. The molecule has 0 bridgehead atoms. The maximum Gasteiger partial charge on any atom is 0.407 e. The molecule has 1 amide bonds. The molecule has 0 rings (SSSR count). The van der Waals surface area contributed by atoms with E-state index in [2.05, 4.69) is 5.32 Å². The molecule has 0 saturated carbocycles. The van der Waals surface area contributed by atoms with E-state index in [0.717, 1.165) is 0 Å². The smallest absolute Gasteiger partial charge is 0.407 e. The highest BCUT2D eigenvalue weighted by Gasteiger charge is 2.14. The van der Waals surface area contributed by atoms with Gasteiger partial charge in [0, 0.05) is 5.54 Å². The number of nitrogens with one attached hydrogen (secondary N) is 1. The summed E-state index contributed by atoms with van der Waals surface area (Å²) in [6, 6.07) is 0. The molecule has 0 fully saturated rings. The number of carbonyl (C=O) groups is 1. The Morgan fingerprint density at radius 3 is 2.25 bits per heavy atom. The first-order chi connectivity index (χ1) is 5.31. The summed E-state index contributed by atoms with van der Waals surface area (Å²) < 4.78 is 4.93. The molecule has 1 N–H and O–H groups in total. The maximum atomic E-state index is 11.0. The second-order valence-electron chi connectivity index (χ2n) is 4.37. The predicted octanol–water partition coefficient (Wildman–Crippen LogP) is 2.17. The van der Waals surface area contributed by atoms with Crippen molar-refractivity contribution in [2.24, 2.45) is 5.92 Å². The number of hydrogen-bond donors (Lipinski definition) is 1. The van der Waals surface area contributed by atoms with Crippen molar-refractivity contribution in [3.8, 4) is 0 Å². The molecule has 0 atom stereocenters. The second kappa shape index (κ2) is 4.33. The van der Waals surface area contributed by atoms with Crippen molar-refractivity contribution in [3.05, 3.63) is 0 Å². The highest BCUT2D eigenvalue weighted by molar-refractivity contribution is 5.67. The SMILES string of the molecule is CC(C)COC(=O)NC(C)(C)C. The Morgan fingerprint density at radius 1 is 1.42 bits per heavy atom. The van der Waals surface area contributed by atoms with Crippen LogP contribution in [0.25, 0.3) is 0 Å². The average Bonchev–Trinajstić information content (AvgIpc) is 1.79. The largest absolute Gasteiger partial charge is 0.449 e. The molecule has 0 aromatic carbocycles. The van der Waals surface area contributed by atoms with Gasteiger partial charge in [0.1, 0.15) is 0 Å². The van der Waals surface area contributed by atoms with E-state index < -0.39 is 0 Å². The topological polar surface area (TPSA) is 38.3 Å². The van der Waals surface area contributed by atoms with E-state index in [1.165, 1.54) is 0 Å². The number of rotatable bonds is 2. The van der Waals surface area contributed by atoms with Gasteiger partial charge in [-0.1, -0.05) is 13.8 Å². The minimum atomic E-state index is -0.337. The highest BCUT2D eigenvalue weighted by atomic mass is 16.5. The van der Waals surface area contributed by atoms with E-state index in [9.17, 15) is 4.79 Å². The Kier molecular flexibility index (Phi) is 4.07. The van der Waals surface area contributed by atoms with Gasteiger partial charge >= 0.3 is 6.09 Å². The van der Waals surface area contributed by atoms with Crippen molar-refractivity contribution < 1.29 is 9.53 Å². The second-order valence-corrected chi connectivity index (χ2v) is 4.37. The van der Waals surface area contributed by atoms with E-state index in [0.29, 0.717) is 12.5 Å². The fraction of sp³-hybridized carbons (Fsp3) is 0.889. The van der Waals surface area contributed by atoms with Gasteiger partial charge in [-0.2, -0.15) is 0 Å². The van der Waals surface area contributed by atoms with Crippen molar-refractivity contribution in [3.63, 3.8) is 0 Å². The molecule has 0 heterocycles. The van der Waals surface area contributed by atoms with E-state index in [-0.39, 0.29) is 11.6 Å². The number of carbonyl (C=O) groups excluding carboxylic acids is 1. The Hall–Kier alpha value is -0.730. The van der Waals surface area contributed by atoms with Crippen LogP contribution in [0.3, 0.4) is 0 Å². The van der Waals surface area contributed by atoms with E-state index in [1.807, 2.05) is 34.6 Å². The predicted molar refractivity (Wildman–Crippen MR) is 49.1 cm³/mol. The third-order valence-corrected chi connectivity index (χ3v) is 1.02. The van der Waals surface area contributed by atoms with Gasteiger partial charge in [0.05, 0.1) is 6.61 Å². The molecule has 0 aliphatic rings. The fourth-order valence-corrected chi connectivity index (χ4v) is 0.585. The minimum Gasteiger partial charge on any atom is -0.449 e. The number of ether oxygens (including phenoxy) is 1. The molecule has 0 radical (unpaired) electrons. The van der Waals surface area contributed by atoms with Gasteiger partial charge in [0.25, 0.3) is 0 Å². The van der Waals surface area contributed by atoms with Crippen molar-refractivity contribution >= 4 is 6.09 Å². The average molecular weight is 173 g/mol. The summed E-state index contributed by atoms with van der Waals surface area (Å²) in [6.07, 6.45) is -0.337. The Balaban J connectivity index is 3.61. The van der Waals surface area contributed by atoms with Crippen LogP contribution in [0, 0.1) is 5.92 Å². The Labute approximate surface area is 74.5 Å². The van der Waals surface area contributed by atoms with E-state index >= 15 is 0 Å². The summed E-state index contributed by atoms with van der Waals surface area (Å²) in [5.74, 6) is 0.385. The van der Waals surface area contributed by atoms with Gasteiger partial charge in [-0.15, -0.1) is 0 Å². The molecule has 0 saturated heterocycles. The third kappa shape index (κ3) is 7.38. The van der Waals surface area contributed by atoms with Crippen LogP contribution in [-0.4, -0.2) is 18.2 Å². The normalized spacial score (nSPS) is 11.5. The third-order valence-electron chi connectivity index (χ3n) is 1.02. The van der Waals surface area contributed by atoms with Crippen molar-refractivity contribution in [2.75, 3.05) is 6.61 Å². The summed E-state index contributed by atoms with van der Waals surface area (Å²) in [4.78, 5) is 11.0. The lowest BCUT2D eigenvalue weighted by atomic mass is 10.1. The Morgan fingerprint density at radius 2 is 1.92 bits per heavy atom. The van der Waals surface area contributed by atoms with Gasteiger partial charge in [0.15, 0.2) is 0 Å². The van der Waals surface area contributed by atoms with Crippen LogP contribution >= 0.6 is 0 Å². The van der Waals surface area contributed by atoms with Crippen LogP contribution in [0.2, 0.25) is 0 Å². The Bertz CT molecular complexity index is 147. The fourth-order valence-electron chi connectivity index (χ4n) is 0.585. The molecule has 0 aromatic heterocycles. The first kappa shape index (κ1) is 11.3. The zero-order chi connectivity index (χ0) is 9.78. The quantitative estimate of drug-likeness (QED) is 0.695. The molecule has 0 aliphatic heterocycles. The van der Waals surface area contributed by atoms with Crippen molar-refractivity contribution in [1.82, 2.24) is 5.32 Å². The monoisotopic (exact) mass is 173 g/mol. The van der Waals surface area contributed by atoms with Gasteiger partial charge in [-0.25, -0.2) is 4.79 Å². The maximum absolute atomic E-state index is 11.0. The molecule has 12 heavy (non-hydrogen) atoms. The summed E-state index contributed by atoms with van der Waals surface area (Å²) in [5, 5.41) is 2.71. The standard InChI is InChI=1S/C9H19NO2/c1-7(2)6-12-8(11)10-9(3,4)5/h7H,6H2,1-5H3,(H,10,11). The summed E-state index contributed by atoms with van der Waals surface area (Å²) in [7, 11) is 0. The molecule has 72 valence electrons. The lowest BCUT2D eigenvalue weighted by Gasteiger charge is -2.20.